The van der Waals surface area contributed by atoms with Crippen LogP contribution in [0, 0.1) is 0 Å². The van der Waals surface area contributed by atoms with E-state index in [-0.39, 0.29) is 0 Å². The molecule has 0 heterocycles. The number of ether oxygens (including phenoxy) is 1. The molecule has 0 aromatic heterocycles. The second-order valence-electron chi connectivity index (χ2n) is 3.93. The fourth-order valence-corrected chi connectivity index (χ4v) is 1.65. The molecule has 0 bridgehead atoms. The average molecular weight is 256 g/mol. The van der Waals surface area contributed by atoms with Crippen LogP contribution in [0.4, 0.5) is 0 Å². The van der Waals surface area contributed by atoms with E-state index in [1.165, 1.54) is 0 Å². The minimum atomic E-state index is -1.07. The normalized spacial score (nSPS) is 11.6. The summed E-state index contributed by atoms with van der Waals surface area (Å²) in [7, 11) is 0. The van der Waals surface area contributed by atoms with Crippen LogP contribution in [-0.2, 0) is 4.79 Å². The third-order valence-electron chi connectivity index (χ3n) is 2.60. The van der Waals surface area contributed by atoms with Crippen molar-refractivity contribution in [3.05, 3.63) is 65.7 Å². The van der Waals surface area contributed by atoms with Crippen molar-refractivity contribution in [1.29, 1.82) is 0 Å². The van der Waals surface area contributed by atoms with E-state index in [2.05, 4.69) is 0 Å². The first-order valence-corrected chi connectivity index (χ1v) is 5.70. The van der Waals surface area contributed by atoms with Gasteiger partial charge in [-0.25, -0.2) is 4.79 Å². The molecule has 0 aliphatic heterocycles. The third kappa shape index (κ3) is 3.19. The van der Waals surface area contributed by atoms with E-state index in [1.54, 1.807) is 54.6 Å². The van der Waals surface area contributed by atoms with Crippen LogP contribution in [0.5, 0.6) is 5.75 Å². The quantitative estimate of drug-likeness (QED) is 0.835. The summed E-state index contributed by atoms with van der Waals surface area (Å²) in [5, 5.41) is 9.21. The van der Waals surface area contributed by atoms with E-state index in [0.29, 0.717) is 16.9 Å². The van der Waals surface area contributed by atoms with Gasteiger partial charge < -0.3 is 9.84 Å². The maximum atomic E-state index is 11.2. The van der Waals surface area contributed by atoms with Gasteiger partial charge in [-0.3, -0.25) is 4.79 Å². The smallest absolute Gasteiger partial charge is 0.349 e. The molecule has 4 nitrogen and oxygen atoms in total. The zero-order chi connectivity index (χ0) is 13.7. The highest BCUT2D eigenvalue weighted by atomic mass is 16.5. The molecule has 0 saturated heterocycles. The second-order valence-corrected chi connectivity index (χ2v) is 3.93. The summed E-state index contributed by atoms with van der Waals surface area (Å²) >= 11 is 0. The predicted molar refractivity (Wildman–Crippen MR) is 69.3 cm³/mol. The number of hydrogen-bond acceptors (Lipinski definition) is 3. The van der Waals surface area contributed by atoms with Crippen molar-refractivity contribution in [3.63, 3.8) is 0 Å². The number of rotatable bonds is 5. The maximum Gasteiger partial charge on any atom is 0.349 e. The Balaban J connectivity index is 2.21. The van der Waals surface area contributed by atoms with Crippen molar-refractivity contribution in [1.82, 2.24) is 0 Å². The van der Waals surface area contributed by atoms with Crippen molar-refractivity contribution >= 4 is 12.3 Å². The fourth-order valence-electron chi connectivity index (χ4n) is 1.65. The van der Waals surface area contributed by atoms with Crippen LogP contribution in [0.25, 0.3) is 0 Å². The molecule has 96 valence electrons. The average Bonchev–Trinajstić information content (AvgIpc) is 2.46. The van der Waals surface area contributed by atoms with E-state index in [9.17, 15) is 14.7 Å². The van der Waals surface area contributed by atoms with Gasteiger partial charge in [0.2, 0.25) is 6.10 Å². The Hall–Kier alpha value is -2.62. The monoisotopic (exact) mass is 256 g/mol. The van der Waals surface area contributed by atoms with Crippen molar-refractivity contribution in [2.45, 2.75) is 6.10 Å². The lowest BCUT2D eigenvalue weighted by Gasteiger charge is -2.15. The molecule has 1 unspecified atom stereocenters. The van der Waals surface area contributed by atoms with Gasteiger partial charge in [0.25, 0.3) is 0 Å². The van der Waals surface area contributed by atoms with E-state index in [1.807, 2.05) is 0 Å². The second kappa shape index (κ2) is 5.82. The Morgan fingerprint density at radius 3 is 2.21 bits per heavy atom. The van der Waals surface area contributed by atoms with Gasteiger partial charge in [0.15, 0.2) is 0 Å². The van der Waals surface area contributed by atoms with Gasteiger partial charge in [0, 0.05) is 11.1 Å². The lowest BCUT2D eigenvalue weighted by Crippen LogP contribution is -2.18. The molecule has 2 aromatic carbocycles. The highest BCUT2D eigenvalue weighted by molar-refractivity contribution is 5.76. The van der Waals surface area contributed by atoms with Crippen LogP contribution in [-0.4, -0.2) is 17.4 Å². The zero-order valence-corrected chi connectivity index (χ0v) is 10.0. The largest absolute Gasteiger partial charge is 0.478 e. The molecule has 0 saturated carbocycles. The number of aliphatic carboxylic acids is 1. The summed E-state index contributed by atoms with van der Waals surface area (Å²) in [6, 6.07) is 15.0. The molecule has 2 aromatic rings. The van der Waals surface area contributed by atoms with Gasteiger partial charge in [-0.15, -0.1) is 0 Å². The summed E-state index contributed by atoms with van der Waals surface area (Å²) in [6.45, 7) is 0. The molecule has 0 radical (unpaired) electrons. The molecule has 1 atom stereocenters. The first-order chi connectivity index (χ1) is 9.20. The number of hydrogen-bond donors (Lipinski definition) is 1. The first kappa shape index (κ1) is 12.8. The number of carboxylic acid groups (broad SMARTS) is 1. The fraction of sp³-hybridized carbons (Fsp3) is 0.0667. The first-order valence-electron chi connectivity index (χ1n) is 5.70. The molecule has 1 N–H and O–H groups in total. The van der Waals surface area contributed by atoms with Gasteiger partial charge in [-0.2, -0.15) is 0 Å². The summed E-state index contributed by atoms with van der Waals surface area (Å²) in [6.07, 6.45) is -0.348. The van der Waals surface area contributed by atoms with E-state index in [0.717, 1.165) is 6.29 Å². The molecule has 4 heteroatoms. The SMILES string of the molecule is O=Cc1ccc(OC(C(=O)O)c2ccccc2)cc1. The summed E-state index contributed by atoms with van der Waals surface area (Å²) in [4.78, 5) is 21.8. The lowest BCUT2D eigenvalue weighted by atomic mass is 10.1. The van der Waals surface area contributed by atoms with Crippen LogP contribution >= 0.6 is 0 Å². The molecular weight excluding hydrogens is 244 g/mol. The Morgan fingerprint density at radius 1 is 1.05 bits per heavy atom. The van der Waals surface area contributed by atoms with E-state index >= 15 is 0 Å². The Labute approximate surface area is 110 Å². The van der Waals surface area contributed by atoms with Crippen LogP contribution in [0.3, 0.4) is 0 Å². The molecule has 2 rings (SSSR count). The highest BCUT2D eigenvalue weighted by Crippen LogP contribution is 2.22. The van der Waals surface area contributed by atoms with E-state index < -0.39 is 12.1 Å². The number of carbonyl (C=O) groups is 2. The van der Waals surface area contributed by atoms with Gasteiger partial charge >= 0.3 is 5.97 Å². The molecule has 0 fully saturated rings. The van der Waals surface area contributed by atoms with Crippen LogP contribution < -0.4 is 4.74 Å². The van der Waals surface area contributed by atoms with Crippen LogP contribution in [0.2, 0.25) is 0 Å². The number of aldehydes is 1. The third-order valence-corrected chi connectivity index (χ3v) is 2.60. The van der Waals surface area contributed by atoms with Crippen molar-refractivity contribution in [2.24, 2.45) is 0 Å². The zero-order valence-electron chi connectivity index (χ0n) is 10.0. The number of benzene rings is 2. The number of carboxylic acids is 1. The topological polar surface area (TPSA) is 63.6 Å². The Kier molecular flexibility index (Phi) is 3.93. The van der Waals surface area contributed by atoms with Crippen LogP contribution in [0.15, 0.2) is 54.6 Å². The molecular formula is C15H12O4. The van der Waals surface area contributed by atoms with Crippen molar-refractivity contribution in [2.75, 3.05) is 0 Å². The van der Waals surface area contributed by atoms with Gasteiger partial charge in [0.1, 0.15) is 12.0 Å². The lowest BCUT2D eigenvalue weighted by molar-refractivity contribution is -0.145. The van der Waals surface area contributed by atoms with Gasteiger partial charge in [0.05, 0.1) is 0 Å². The van der Waals surface area contributed by atoms with Crippen LogP contribution in [0.1, 0.15) is 22.0 Å². The standard InChI is InChI=1S/C15H12O4/c16-10-11-6-8-13(9-7-11)19-14(15(17)18)12-4-2-1-3-5-12/h1-10,14H,(H,17,18). The minimum absolute atomic E-state index is 0.404. The molecule has 0 spiro atoms. The Morgan fingerprint density at radius 2 is 1.68 bits per heavy atom. The predicted octanol–water partition coefficient (Wildman–Crippen LogP) is 2.70. The minimum Gasteiger partial charge on any atom is -0.478 e. The van der Waals surface area contributed by atoms with Crippen molar-refractivity contribution < 1.29 is 19.4 Å². The maximum absolute atomic E-state index is 11.2. The van der Waals surface area contributed by atoms with Gasteiger partial charge in [-0.1, -0.05) is 30.3 Å². The molecule has 19 heavy (non-hydrogen) atoms. The molecule has 0 aliphatic rings. The van der Waals surface area contributed by atoms with Crippen molar-refractivity contribution in [3.8, 4) is 5.75 Å². The molecule has 0 aliphatic carbocycles. The van der Waals surface area contributed by atoms with Gasteiger partial charge in [-0.05, 0) is 24.3 Å². The number of carbonyl (C=O) groups excluding carboxylic acids is 1. The highest BCUT2D eigenvalue weighted by Gasteiger charge is 2.21. The summed E-state index contributed by atoms with van der Waals surface area (Å²) < 4.78 is 5.45. The summed E-state index contributed by atoms with van der Waals surface area (Å²) in [5.41, 5.74) is 1.08. The molecule has 0 amide bonds. The van der Waals surface area contributed by atoms with E-state index in [4.69, 9.17) is 4.74 Å². The Bertz CT molecular complexity index is 560. The summed E-state index contributed by atoms with van der Waals surface area (Å²) in [5.74, 6) is -0.660.